The number of hydrogen-bond acceptors (Lipinski definition) is 2. The average Bonchev–Trinajstić information content (AvgIpc) is 1.80. The molecule has 0 unspecified atom stereocenters. The molecule has 0 aromatic carbocycles. The summed E-state index contributed by atoms with van der Waals surface area (Å²) in [6.07, 6.45) is 0. The molecule has 0 aromatic heterocycles. The van der Waals surface area contributed by atoms with Crippen LogP contribution in [0.2, 0.25) is 0 Å². The molecule has 0 aromatic rings. The molecule has 0 heterocycles. The maximum Gasteiger partial charge on any atom is 0.0157 e. The summed E-state index contributed by atoms with van der Waals surface area (Å²) < 4.78 is 0. The number of nitrogens with one attached hydrogen (secondary N) is 1. The second-order valence-electron chi connectivity index (χ2n) is 2.24. The predicted octanol–water partition coefficient (Wildman–Crippen LogP) is 0.533. The lowest BCUT2D eigenvalue weighted by molar-refractivity contribution is 0.403. The van der Waals surface area contributed by atoms with Gasteiger partial charge in [0.2, 0.25) is 0 Å². The summed E-state index contributed by atoms with van der Waals surface area (Å²) in [4.78, 5) is 2.17. The molecule has 56 valence electrons. The fourth-order valence-electron chi connectivity index (χ4n) is 0.494. The molecule has 0 aliphatic rings. The second kappa shape index (κ2) is 6.52. The van der Waals surface area contributed by atoms with Gasteiger partial charge in [0.25, 0.3) is 0 Å². The number of halogens is 1. The van der Waals surface area contributed by atoms with E-state index in [1.165, 1.54) is 0 Å². The third-order valence-corrected chi connectivity index (χ3v) is 1.40. The van der Waals surface area contributed by atoms with Crippen LogP contribution in [0.3, 0.4) is 0 Å². The molecule has 0 fully saturated rings. The van der Waals surface area contributed by atoms with Gasteiger partial charge >= 0.3 is 0 Å². The Morgan fingerprint density at radius 1 is 1.33 bits per heavy atom. The molecular formula is C6H15BrN2. The Balaban J connectivity index is 2.75. The summed E-state index contributed by atoms with van der Waals surface area (Å²) in [6.45, 7) is 3.26. The lowest BCUT2D eigenvalue weighted by Gasteiger charge is -2.08. The minimum absolute atomic E-state index is 1.04. The van der Waals surface area contributed by atoms with Crippen LogP contribution in [0.1, 0.15) is 0 Å². The first-order chi connectivity index (χ1) is 4.27. The molecule has 1 N–H and O–H groups in total. The predicted molar refractivity (Wildman–Crippen MR) is 45.2 cm³/mol. The number of nitrogens with zero attached hydrogens (tertiary/aromatic N) is 1. The van der Waals surface area contributed by atoms with Crippen LogP contribution in [0.25, 0.3) is 0 Å². The van der Waals surface area contributed by atoms with Crippen molar-refractivity contribution < 1.29 is 0 Å². The van der Waals surface area contributed by atoms with Gasteiger partial charge in [0.05, 0.1) is 0 Å². The maximum absolute atomic E-state index is 3.34. The molecule has 3 heteroatoms. The van der Waals surface area contributed by atoms with Crippen LogP contribution in [0, 0.1) is 0 Å². The lowest BCUT2D eigenvalue weighted by Crippen LogP contribution is -2.27. The third-order valence-electron chi connectivity index (χ3n) is 1.01. The number of alkyl halides is 1. The molecule has 0 radical (unpaired) electrons. The minimum Gasteiger partial charge on any atom is -0.315 e. The highest BCUT2D eigenvalue weighted by Crippen LogP contribution is 1.75. The second-order valence-corrected chi connectivity index (χ2v) is 3.04. The van der Waals surface area contributed by atoms with E-state index in [2.05, 4.69) is 40.2 Å². The van der Waals surface area contributed by atoms with Gasteiger partial charge in [0.1, 0.15) is 0 Å². The zero-order valence-electron chi connectivity index (χ0n) is 6.15. The highest BCUT2D eigenvalue weighted by atomic mass is 79.9. The van der Waals surface area contributed by atoms with Gasteiger partial charge in [0, 0.05) is 25.0 Å². The first kappa shape index (κ1) is 9.40. The van der Waals surface area contributed by atoms with E-state index in [1.807, 2.05) is 0 Å². The Kier molecular flexibility index (Phi) is 6.81. The minimum atomic E-state index is 1.04. The Labute approximate surface area is 65.7 Å². The van der Waals surface area contributed by atoms with Crippen molar-refractivity contribution >= 4 is 15.9 Å². The number of hydrogen-bond donors (Lipinski definition) is 1. The molecule has 9 heavy (non-hydrogen) atoms. The van der Waals surface area contributed by atoms with Crippen LogP contribution in [0.4, 0.5) is 0 Å². The fourth-order valence-corrected chi connectivity index (χ4v) is 0.775. The van der Waals surface area contributed by atoms with Crippen molar-refractivity contribution in [1.29, 1.82) is 0 Å². The van der Waals surface area contributed by atoms with Crippen molar-refractivity contribution in [2.45, 2.75) is 0 Å². The number of rotatable bonds is 5. The molecule has 0 aliphatic carbocycles. The molecule has 2 nitrogen and oxygen atoms in total. The van der Waals surface area contributed by atoms with Crippen LogP contribution in [0.15, 0.2) is 0 Å². The van der Waals surface area contributed by atoms with Gasteiger partial charge in [-0.3, -0.25) is 0 Å². The smallest absolute Gasteiger partial charge is 0.0157 e. The Bertz CT molecular complexity index is 57.0. The summed E-state index contributed by atoms with van der Waals surface area (Å²) in [5, 5.41) is 4.32. The maximum atomic E-state index is 3.34. The van der Waals surface area contributed by atoms with Crippen molar-refractivity contribution in [1.82, 2.24) is 10.2 Å². The van der Waals surface area contributed by atoms with E-state index in [0.717, 1.165) is 25.0 Å². The van der Waals surface area contributed by atoms with E-state index >= 15 is 0 Å². The molecule has 0 saturated heterocycles. The van der Waals surface area contributed by atoms with Gasteiger partial charge in [-0.05, 0) is 14.1 Å². The van der Waals surface area contributed by atoms with Gasteiger partial charge in [-0.25, -0.2) is 0 Å². The molecular weight excluding hydrogens is 180 g/mol. The standard InChI is InChI=1S/C6H15BrN2/c1-9(2)6-5-8-4-3-7/h8H,3-6H2,1-2H3. The Hall–Kier alpha value is 0.400. The lowest BCUT2D eigenvalue weighted by atomic mass is 10.5. The largest absolute Gasteiger partial charge is 0.315 e. The normalized spacial score (nSPS) is 10.7. The van der Waals surface area contributed by atoms with E-state index in [-0.39, 0.29) is 0 Å². The molecule has 0 amide bonds. The molecule has 0 spiro atoms. The topological polar surface area (TPSA) is 15.3 Å². The van der Waals surface area contributed by atoms with Crippen molar-refractivity contribution in [2.75, 3.05) is 39.1 Å². The molecule has 0 saturated carbocycles. The van der Waals surface area contributed by atoms with E-state index in [4.69, 9.17) is 0 Å². The summed E-state index contributed by atoms with van der Waals surface area (Å²) >= 11 is 3.34. The quantitative estimate of drug-likeness (QED) is 0.508. The third kappa shape index (κ3) is 8.40. The van der Waals surface area contributed by atoms with Gasteiger partial charge in [0.15, 0.2) is 0 Å². The molecule has 0 bridgehead atoms. The average molecular weight is 195 g/mol. The van der Waals surface area contributed by atoms with Gasteiger partial charge < -0.3 is 10.2 Å². The van der Waals surface area contributed by atoms with E-state index < -0.39 is 0 Å². The first-order valence-electron chi connectivity index (χ1n) is 3.19. The van der Waals surface area contributed by atoms with Crippen LogP contribution in [-0.2, 0) is 0 Å². The highest BCUT2D eigenvalue weighted by Gasteiger charge is 1.86. The zero-order chi connectivity index (χ0) is 7.11. The summed E-state index contributed by atoms with van der Waals surface area (Å²) in [6, 6.07) is 0. The van der Waals surface area contributed by atoms with Crippen molar-refractivity contribution in [2.24, 2.45) is 0 Å². The zero-order valence-corrected chi connectivity index (χ0v) is 7.74. The molecule has 0 atom stereocenters. The van der Waals surface area contributed by atoms with Crippen LogP contribution >= 0.6 is 15.9 Å². The van der Waals surface area contributed by atoms with Gasteiger partial charge in [-0.1, -0.05) is 15.9 Å². The monoisotopic (exact) mass is 194 g/mol. The van der Waals surface area contributed by atoms with Crippen molar-refractivity contribution in [3.63, 3.8) is 0 Å². The number of likely N-dealkylation sites (N-methyl/N-ethyl adjacent to an activating group) is 1. The van der Waals surface area contributed by atoms with Crippen LogP contribution in [0.5, 0.6) is 0 Å². The molecule has 0 aliphatic heterocycles. The van der Waals surface area contributed by atoms with E-state index in [0.29, 0.717) is 0 Å². The van der Waals surface area contributed by atoms with Crippen molar-refractivity contribution in [3.05, 3.63) is 0 Å². The summed E-state index contributed by atoms with van der Waals surface area (Å²) in [5.74, 6) is 0. The van der Waals surface area contributed by atoms with E-state index in [1.54, 1.807) is 0 Å². The van der Waals surface area contributed by atoms with Gasteiger partial charge in [-0.15, -0.1) is 0 Å². The van der Waals surface area contributed by atoms with E-state index in [9.17, 15) is 0 Å². The van der Waals surface area contributed by atoms with Crippen molar-refractivity contribution in [3.8, 4) is 0 Å². The summed E-state index contributed by atoms with van der Waals surface area (Å²) in [7, 11) is 4.16. The van der Waals surface area contributed by atoms with Gasteiger partial charge in [-0.2, -0.15) is 0 Å². The Morgan fingerprint density at radius 3 is 2.44 bits per heavy atom. The molecule has 0 rings (SSSR count). The SMILES string of the molecule is CN(C)CCNCCBr. The van der Waals surface area contributed by atoms with Crippen LogP contribution < -0.4 is 5.32 Å². The highest BCUT2D eigenvalue weighted by molar-refractivity contribution is 9.09. The fraction of sp³-hybridized carbons (Fsp3) is 1.00. The first-order valence-corrected chi connectivity index (χ1v) is 4.31. The summed E-state index contributed by atoms with van der Waals surface area (Å²) in [5.41, 5.74) is 0. The Morgan fingerprint density at radius 2 is 2.00 bits per heavy atom. The van der Waals surface area contributed by atoms with Crippen LogP contribution in [-0.4, -0.2) is 44.0 Å².